The Morgan fingerprint density at radius 1 is 0.842 bits per heavy atom. The number of nitrogens with two attached hydrogens (primary N) is 1. The van der Waals surface area contributed by atoms with Crippen LogP contribution in [0, 0.1) is 17.8 Å². The zero-order valence-electron chi connectivity index (χ0n) is 12.9. The predicted molar refractivity (Wildman–Crippen MR) is 92.7 cm³/mol. The standard InChI is InChI=1S/C16H33NS2/c1-14-6-3-4-8-15(12-18-2)10-11-16(13-19-17)9-5-7-14/h14-16H,3-13,17H2,1-2H3/t14-,15+,16-/m0/s1. The molecule has 0 heterocycles. The van der Waals surface area contributed by atoms with Crippen molar-refractivity contribution >= 4 is 23.7 Å². The normalized spacial score (nSPS) is 31.4. The lowest BCUT2D eigenvalue weighted by molar-refractivity contribution is 0.348. The fraction of sp³-hybridized carbons (Fsp3) is 1.00. The number of hydrogen-bond donors (Lipinski definition) is 1. The smallest absolute Gasteiger partial charge is 0.0105 e. The van der Waals surface area contributed by atoms with Crippen molar-refractivity contribution in [1.82, 2.24) is 0 Å². The van der Waals surface area contributed by atoms with Crippen LogP contribution < -0.4 is 5.14 Å². The van der Waals surface area contributed by atoms with Gasteiger partial charge in [-0.1, -0.05) is 51.0 Å². The maximum atomic E-state index is 5.71. The highest BCUT2D eigenvalue weighted by atomic mass is 32.2. The first-order chi connectivity index (χ1) is 9.26. The Hall–Kier alpha value is 0.660. The van der Waals surface area contributed by atoms with E-state index in [2.05, 4.69) is 13.2 Å². The van der Waals surface area contributed by atoms with Crippen LogP contribution in [0.25, 0.3) is 0 Å². The minimum atomic E-state index is 0.867. The number of hydrogen-bond acceptors (Lipinski definition) is 3. The molecule has 0 aromatic carbocycles. The van der Waals surface area contributed by atoms with E-state index in [1.54, 1.807) is 11.9 Å². The highest BCUT2D eigenvalue weighted by Crippen LogP contribution is 2.28. The van der Waals surface area contributed by atoms with E-state index in [1.807, 2.05) is 11.8 Å². The van der Waals surface area contributed by atoms with E-state index >= 15 is 0 Å². The van der Waals surface area contributed by atoms with Crippen molar-refractivity contribution in [2.75, 3.05) is 17.8 Å². The van der Waals surface area contributed by atoms with Gasteiger partial charge in [0.1, 0.15) is 0 Å². The molecule has 1 aliphatic rings. The molecule has 1 rings (SSSR count). The second-order valence-corrected chi connectivity index (χ2v) is 8.00. The molecule has 0 aromatic rings. The third kappa shape index (κ3) is 8.52. The Morgan fingerprint density at radius 3 is 2.11 bits per heavy atom. The van der Waals surface area contributed by atoms with E-state index in [0.29, 0.717) is 0 Å². The molecule has 0 unspecified atom stereocenters. The van der Waals surface area contributed by atoms with Crippen molar-refractivity contribution in [3.8, 4) is 0 Å². The molecule has 0 bridgehead atoms. The van der Waals surface area contributed by atoms with E-state index in [9.17, 15) is 0 Å². The van der Waals surface area contributed by atoms with Crippen LogP contribution in [-0.2, 0) is 0 Å². The van der Waals surface area contributed by atoms with Gasteiger partial charge in [0.2, 0.25) is 0 Å². The van der Waals surface area contributed by atoms with Crippen molar-refractivity contribution < 1.29 is 0 Å². The van der Waals surface area contributed by atoms with Gasteiger partial charge in [0.15, 0.2) is 0 Å². The summed E-state index contributed by atoms with van der Waals surface area (Å²) < 4.78 is 0. The summed E-state index contributed by atoms with van der Waals surface area (Å²) >= 11 is 3.59. The monoisotopic (exact) mass is 303 g/mol. The number of thioether (sulfide) groups is 1. The summed E-state index contributed by atoms with van der Waals surface area (Å²) in [7, 11) is 0. The van der Waals surface area contributed by atoms with Gasteiger partial charge in [-0.3, -0.25) is 5.14 Å². The summed E-state index contributed by atoms with van der Waals surface area (Å²) in [6.07, 6.45) is 15.1. The average Bonchev–Trinajstić information content (AvgIpc) is 2.39. The largest absolute Gasteiger partial charge is 0.278 e. The molecule has 0 aromatic heterocycles. The number of rotatable bonds is 4. The second kappa shape index (κ2) is 11.3. The van der Waals surface area contributed by atoms with E-state index in [4.69, 9.17) is 5.14 Å². The highest BCUT2D eigenvalue weighted by molar-refractivity contribution is 7.98. The zero-order chi connectivity index (χ0) is 13.9. The molecule has 1 aliphatic carbocycles. The summed E-state index contributed by atoms with van der Waals surface area (Å²) in [5.41, 5.74) is 0. The molecule has 2 N–H and O–H groups in total. The molecule has 0 saturated heterocycles. The van der Waals surface area contributed by atoms with E-state index < -0.39 is 0 Å². The van der Waals surface area contributed by atoms with Crippen molar-refractivity contribution in [3.63, 3.8) is 0 Å². The molecular weight excluding hydrogens is 270 g/mol. The third-order valence-corrected chi connectivity index (χ3v) is 6.05. The van der Waals surface area contributed by atoms with Gasteiger partial charge in [-0.2, -0.15) is 11.8 Å². The van der Waals surface area contributed by atoms with Crippen LogP contribution in [0.3, 0.4) is 0 Å². The zero-order valence-corrected chi connectivity index (χ0v) is 14.5. The van der Waals surface area contributed by atoms with Crippen LogP contribution >= 0.6 is 23.7 Å². The van der Waals surface area contributed by atoms with Crippen molar-refractivity contribution in [1.29, 1.82) is 0 Å². The fourth-order valence-electron chi connectivity index (χ4n) is 3.29. The van der Waals surface area contributed by atoms with Crippen LogP contribution in [0.4, 0.5) is 0 Å². The molecule has 0 radical (unpaired) electrons. The van der Waals surface area contributed by atoms with Gasteiger partial charge in [-0.05, 0) is 55.4 Å². The fourth-order valence-corrected chi connectivity index (χ4v) is 4.70. The summed E-state index contributed by atoms with van der Waals surface area (Å²) in [6.45, 7) is 2.44. The molecule has 0 aliphatic heterocycles. The maximum absolute atomic E-state index is 5.71. The van der Waals surface area contributed by atoms with Crippen LogP contribution in [0.1, 0.15) is 64.7 Å². The molecular formula is C16H33NS2. The Labute approximate surface area is 129 Å². The van der Waals surface area contributed by atoms with Crippen molar-refractivity contribution in [2.24, 2.45) is 22.9 Å². The van der Waals surface area contributed by atoms with Gasteiger partial charge < -0.3 is 0 Å². The van der Waals surface area contributed by atoms with Gasteiger partial charge in [-0.25, -0.2) is 0 Å². The lowest BCUT2D eigenvalue weighted by Gasteiger charge is -2.22. The first kappa shape index (κ1) is 17.7. The van der Waals surface area contributed by atoms with Crippen molar-refractivity contribution in [2.45, 2.75) is 64.7 Å². The Bertz CT molecular complexity index is 211. The Kier molecular flexibility index (Phi) is 10.6. The Morgan fingerprint density at radius 2 is 1.42 bits per heavy atom. The van der Waals surface area contributed by atoms with Gasteiger partial charge in [-0.15, -0.1) is 0 Å². The average molecular weight is 304 g/mol. The summed E-state index contributed by atoms with van der Waals surface area (Å²) in [4.78, 5) is 0. The van der Waals surface area contributed by atoms with E-state index in [1.165, 1.54) is 69.3 Å². The molecule has 114 valence electrons. The highest BCUT2D eigenvalue weighted by Gasteiger charge is 2.15. The maximum Gasteiger partial charge on any atom is 0.0105 e. The van der Waals surface area contributed by atoms with Gasteiger partial charge in [0, 0.05) is 5.75 Å². The Balaban J connectivity index is 2.45. The van der Waals surface area contributed by atoms with Crippen LogP contribution in [-0.4, -0.2) is 17.8 Å². The van der Waals surface area contributed by atoms with Crippen molar-refractivity contribution in [3.05, 3.63) is 0 Å². The summed E-state index contributed by atoms with van der Waals surface area (Å²) in [5.74, 6) is 5.28. The molecule has 1 nitrogen and oxygen atoms in total. The minimum absolute atomic E-state index is 0.867. The first-order valence-corrected chi connectivity index (χ1v) is 10.5. The molecule has 0 spiro atoms. The lowest BCUT2D eigenvalue weighted by Crippen LogP contribution is -2.12. The molecule has 1 saturated carbocycles. The topological polar surface area (TPSA) is 26.0 Å². The summed E-state index contributed by atoms with van der Waals surface area (Å²) in [6, 6.07) is 0. The predicted octanol–water partition coefficient (Wildman–Crippen LogP) is 5.35. The third-order valence-electron chi connectivity index (χ3n) is 4.59. The second-order valence-electron chi connectivity index (χ2n) is 6.42. The van der Waals surface area contributed by atoms with Gasteiger partial charge >= 0.3 is 0 Å². The summed E-state index contributed by atoms with van der Waals surface area (Å²) in [5, 5.41) is 5.71. The molecule has 3 heteroatoms. The van der Waals surface area contributed by atoms with E-state index in [0.717, 1.165) is 17.8 Å². The lowest BCUT2D eigenvalue weighted by atomic mass is 9.87. The molecule has 0 amide bonds. The van der Waals surface area contributed by atoms with Crippen LogP contribution in [0.2, 0.25) is 0 Å². The van der Waals surface area contributed by atoms with Gasteiger partial charge in [0.05, 0.1) is 0 Å². The molecule has 19 heavy (non-hydrogen) atoms. The molecule has 1 fully saturated rings. The SMILES string of the molecule is CSC[C@@H]1CCCC[C@H](C)CCC[C@H](CSN)CC1. The first-order valence-electron chi connectivity index (χ1n) is 8.06. The van der Waals surface area contributed by atoms with Gasteiger partial charge in [0.25, 0.3) is 0 Å². The quantitative estimate of drug-likeness (QED) is 0.709. The molecule has 3 atom stereocenters. The minimum Gasteiger partial charge on any atom is -0.278 e. The van der Waals surface area contributed by atoms with Crippen LogP contribution in [0.5, 0.6) is 0 Å². The van der Waals surface area contributed by atoms with E-state index in [-0.39, 0.29) is 0 Å². The van der Waals surface area contributed by atoms with Crippen LogP contribution in [0.15, 0.2) is 0 Å².